The summed E-state index contributed by atoms with van der Waals surface area (Å²) in [5.74, 6) is 1.23. The standard InChI is InChI=1S/C15H21NOS/c1-11-10-12(6-8-17-11)16-14-7-9-18-15-5-3-2-4-13(14)15/h2-5,11-12,14,16H,6-10H2,1H3. The molecule has 3 atom stereocenters. The molecule has 2 aliphatic heterocycles. The molecule has 1 saturated heterocycles. The van der Waals surface area contributed by atoms with Crippen molar-refractivity contribution in [1.29, 1.82) is 0 Å². The molecule has 3 unspecified atom stereocenters. The number of nitrogens with one attached hydrogen (secondary N) is 1. The molecule has 2 nitrogen and oxygen atoms in total. The molecule has 2 aliphatic rings. The Labute approximate surface area is 113 Å². The van der Waals surface area contributed by atoms with Crippen molar-refractivity contribution in [2.75, 3.05) is 12.4 Å². The Balaban J connectivity index is 1.70. The van der Waals surface area contributed by atoms with Crippen LogP contribution in [0, 0.1) is 0 Å². The van der Waals surface area contributed by atoms with Crippen LogP contribution in [0.4, 0.5) is 0 Å². The van der Waals surface area contributed by atoms with Gasteiger partial charge in [0.05, 0.1) is 6.10 Å². The van der Waals surface area contributed by atoms with Gasteiger partial charge in [-0.05, 0) is 43.6 Å². The lowest BCUT2D eigenvalue weighted by molar-refractivity contribution is 0.0110. The SMILES string of the molecule is CC1CC(NC2CCSc3ccccc32)CCO1. The van der Waals surface area contributed by atoms with Crippen LogP contribution in [-0.2, 0) is 4.74 Å². The molecule has 1 fully saturated rings. The Morgan fingerprint density at radius 3 is 3.06 bits per heavy atom. The third-order valence-corrected chi connectivity index (χ3v) is 5.00. The first-order valence-electron chi connectivity index (χ1n) is 6.92. The summed E-state index contributed by atoms with van der Waals surface area (Å²) in [6, 6.07) is 9.99. The molecule has 18 heavy (non-hydrogen) atoms. The molecule has 0 amide bonds. The second-order valence-corrected chi connectivity index (χ2v) is 6.43. The van der Waals surface area contributed by atoms with Crippen LogP contribution in [0.1, 0.15) is 37.8 Å². The lowest BCUT2D eigenvalue weighted by Crippen LogP contribution is -2.40. The molecule has 1 N–H and O–H groups in total. The predicted octanol–water partition coefficient (Wildman–Crippen LogP) is 3.38. The van der Waals surface area contributed by atoms with E-state index >= 15 is 0 Å². The lowest BCUT2D eigenvalue weighted by Gasteiger charge is -2.34. The van der Waals surface area contributed by atoms with Crippen LogP contribution in [0.25, 0.3) is 0 Å². The van der Waals surface area contributed by atoms with E-state index in [4.69, 9.17) is 4.74 Å². The third-order valence-electron chi connectivity index (χ3n) is 3.88. The van der Waals surface area contributed by atoms with Crippen molar-refractivity contribution in [2.24, 2.45) is 0 Å². The topological polar surface area (TPSA) is 21.3 Å². The molecule has 0 radical (unpaired) electrons. The zero-order valence-corrected chi connectivity index (χ0v) is 11.7. The number of benzene rings is 1. The maximum absolute atomic E-state index is 5.62. The van der Waals surface area contributed by atoms with E-state index in [-0.39, 0.29) is 0 Å². The second kappa shape index (κ2) is 5.64. The average Bonchev–Trinajstić information content (AvgIpc) is 2.39. The molecule has 98 valence electrons. The number of hydrogen-bond acceptors (Lipinski definition) is 3. The maximum atomic E-state index is 5.62. The minimum absolute atomic E-state index is 0.407. The fourth-order valence-electron chi connectivity index (χ4n) is 2.95. The zero-order chi connectivity index (χ0) is 12.4. The van der Waals surface area contributed by atoms with Crippen molar-refractivity contribution in [3.05, 3.63) is 29.8 Å². The summed E-state index contributed by atoms with van der Waals surface area (Å²) < 4.78 is 5.62. The number of thioether (sulfide) groups is 1. The largest absolute Gasteiger partial charge is 0.378 e. The van der Waals surface area contributed by atoms with Gasteiger partial charge in [-0.25, -0.2) is 0 Å². The van der Waals surface area contributed by atoms with Crippen molar-refractivity contribution in [1.82, 2.24) is 5.32 Å². The Hall–Kier alpha value is -0.510. The quantitative estimate of drug-likeness (QED) is 0.884. The first-order chi connectivity index (χ1) is 8.83. The Morgan fingerprint density at radius 2 is 2.17 bits per heavy atom. The normalized spacial score (nSPS) is 31.9. The highest BCUT2D eigenvalue weighted by atomic mass is 32.2. The number of fused-ring (bicyclic) bond motifs is 1. The van der Waals surface area contributed by atoms with Crippen LogP contribution in [0.3, 0.4) is 0 Å². The van der Waals surface area contributed by atoms with E-state index in [1.807, 2.05) is 11.8 Å². The van der Waals surface area contributed by atoms with Gasteiger partial charge in [0.2, 0.25) is 0 Å². The van der Waals surface area contributed by atoms with E-state index in [1.165, 1.54) is 22.6 Å². The van der Waals surface area contributed by atoms with Crippen molar-refractivity contribution in [3.8, 4) is 0 Å². The number of hydrogen-bond donors (Lipinski definition) is 1. The molecular formula is C15H21NOS. The second-order valence-electron chi connectivity index (χ2n) is 5.30. The summed E-state index contributed by atoms with van der Waals surface area (Å²) in [5, 5.41) is 3.85. The van der Waals surface area contributed by atoms with Gasteiger partial charge in [-0.3, -0.25) is 0 Å². The summed E-state index contributed by atoms with van der Waals surface area (Å²) in [6.45, 7) is 3.08. The minimum Gasteiger partial charge on any atom is -0.378 e. The van der Waals surface area contributed by atoms with Crippen molar-refractivity contribution in [3.63, 3.8) is 0 Å². The summed E-state index contributed by atoms with van der Waals surface area (Å²) in [6.07, 6.45) is 3.94. The summed E-state index contributed by atoms with van der Waals surface area (Å²) in [7, 11) is 0. The van der Waals surface area contributed by atoms with Crippen LogP contribution in [-0.4, -0.2) is 24.5 Å². The van der Waals surface area contributed by atoms with E-state index in [0.29, 0.717) is 18.2 Å². The van der Waals surface area contributed by atoms with Gasteiger partial charge in [0, 0.05) is 23.6 Å². The molecule has 0 bridgehead atoms. The van der Waals surface area contributed by atoms with Gasteiger partial charge in [-0.15, -0.1) is 11.8 Å². The van der Waals surface area contributed by atoms with Crippen LogP contribution in [0.15, 0.2) is 29.2 Å². The highest BCUT2D eigenvalue weighted by Crippen LogP contribution is 2.36. The lowest BCUT2D eigenvalue weighted by atomic mass is 9.98. The molecule has 2 heterocycles. The van der Waals surface area contributed by atoms with Crippen LogP contribution in [0.2, 0.25) is 0 Å². The molecule has 0 spiro atoms. The van der Waals surface area contributed by atoms with Crippen LogP contribution < -0.4 is 5.32 Å². The predicted molar refractivity (Wildman–Crippen MR) is 76.1 cm³/mol. The fourth-order valence-corrected chi connectivity index (χ4v) is 4.07. The summed E-state index contributed by atoms with van der Waals surface area (Å²) in [4.78, 5) is 1.46. The van der Waals surface area contributed by atoms with Gasteiger partial charge < -0.3 is 10.1 Å². The smallest absolute Gasteiger partial charge is 0.0561 e. The van der Waals surface area contributed by atoms with E-state index in [0.717, 1.165) is 19.4 Å². The Morgan fingerprint density at radius 1 is 1.28 bits per heavy atom. The Kier molecular flexibility index (Phi) is 3.92. The van der Waals surface area contributed by atoms with Crippen molar-refractivity contribution in [2.45, 2.75) is 49.3 Å². The van der Waals surface area contributed by atoms with E-state index in [2.05, 4.69) is 36.5 Å². The molecular weight excluding hydrogens is 242 g/mol. The first kappa shape index (κ1) is 12.5. The minimum atomic E-state index is 0.407. The zero-order valence-electron chi connectivity index (χ0n) is 10.9. The van der Waals surface area contributed by atoms with E-state index in [9.17, 15) is 0 Å². The van der Waals surface area contributed by atoms with Crippen LogP contribution >= 0.6 is 11.8 Å². The monoisotopic (exact) mass is 263 g/mol. The molecule has 3 rings (SSSR count). The van der Waals surface area contributed by atoms with Crippen LogP contribution in [0.5, 0.6) is 0 Å². The number of ether oxygens (including phenoxy) is 1. The van der Waals surface area contributed by atoms with Crippen molar-refractivity contribution >= 4 is 11.8 Å². The fraction of sp³-hybridized carbons (Fsp3) is 0.600. The molecule has 3 heteroatoms. The van der Waals surface area contributed by atoms with Crippen molar-refractivity contribution < 1.29 is 4.74 Å². The van der Waals surface area contributed by atoms with Gasteiger partial charge >= 0.3 is 0 Å². The maximum Gasteiger partial charge on any atom is 0.0561 e. The molecule has 0 saturated carbocycles. The van der Waals surface area contributed by atoms with Gasteiger partial charge in [-0.1, -0.05) is 18.2 Å². The van der Waals surface area contributed by atoms with Gasteiger partial charge in [0.15, 0.2) is 0 Å². The molecule has 1 aromatic rings. The average molecular weight is 263 g/mol. The first-order valence-corrected chi connectivity index (χ1v) is 7.91. The highest BCUT2D eigenvalue weighted by Gasteiger charge is 2.25. The third kappa shape index (κ3) is 2.73. The van der Waals surface area contributed by atoms with Gasteiger partial charge in [0.1, 0.15) is 0 Å². The van der Waals surface area contributed by atoms with Gasteiger partial charge in [-0.2, -0.15) is 0 Å². The molecule has 0 aliphatic carbocycles. The summed E-state index contributed by atoms with van der Waals surface area (Å²) >= 11 is 1.99. The van der Waals surface area contributed by atoms with E-state index in [1.54, 1.807) is 0 Å². The Bertz CT molecular complexity index is 409. The molecule has 0 aromatic heterocycles. The summed E-state index contributed by atoms with van der Waals surface area (Å²) in [5.41, 5.74) is 1.49. The van der Waals surface area contributed by atoms with E-state index < -0.39 is 0 Å². The highest BCUT2D eigenvalue weighted by molar-refractivity contribution is 7.99. The van der Waals surface area contributed by atoms with Gasteiger partial charge in [0.25, 0.3) is 0 Å². The number of rotatable bonds is 2. The molecule has 1 aromatic carbocycles.